The molecule has 7 nitrogen and oxygen atoms in total. The Morgan fingerprint density at radius 2 is 1.80 bits per heavy atom. The summed E-state index contributed by atoms with van der Waals surface area (Å²) in [5.41, 5.74) is 3.50. The molecule has 2 N–H and O–H groups in total. The monoisotopic (exact) mass is 414 g/mol. The molecule has 0 fully saturated rings. The third-order valence-electron chi connectivity index (χ3n) is 4.68. The molecule has 8 heteroatoms. The van der Waals surface area contributed by atoms with E-state index < -0.39 is 4.92 Å². The summed E-state index contributed by atoms with van der Waals surface area (Å²) in [6.45, 7) is 0. The second-order valence-corrected chi connectivity index (χ2v) is 7.68. The Balaban J connectivity index is 1.72. The van der Waals surface area contributed by atoms with Crippen molar-refractivity contribution in [3.05, 3.63) is 93.2 Å². The summed E-state index contributed by atoms with van der Waals surface area (Å²) in [7, 11) is 0. The number of hydrogen-bond acceptors (Lipinski definition) is 6. The highest BCUT2D eigenvalue weighted by atomic mass is 32.1. The van der Waals surface area contributed by atoms with Crippen LogP contribution in [-0.4, -0.2) is 25.0 Å². The van der Waals surface area contributed by atoms with Crippen LogP contribution < -0.4 is 0 Å². The van der Waals surface area contributed by atoms with Crippen molar-refractivity contribution in [3.63, 3.8) is 0 Å². The van der Waals surface area contributed by atoms with Crippen molar-refractivity contribution in [1.29, 1.82) is 0 Å². The Morgan fingerprint density at radius 1 is 1.03 bits per heavy atom. The molecule has 0 bridgehead atoms. The molecule has 0 saturated carbocycles. The number of thiazole rings is 1. The molecule has 3 aromatic carbocycles. The van der Waals surface area contributed by atoms with Crippen LogP contribution in [0, 0.1) is 10.1 Å². The van der Waals surface area contributed by atoms with E-state index in [2.05, 4.69) is 4.98 Å². The lowest BCUT2D eigenvalue weighted by Gasteiger charge is -2.03. The maximum Gasteiger partial charge on any atom is 0.311 e. The van der Waals surface area contributed by atoms with Gasteiger partial charge in [0, 0.05) is 6.07 Å². The number of aromatic hydroxyl groups is 1. The number of para-hydroxylation sites is 3. The van der Waals surface area contributed by atoms with Gasteiger partial charge in [0.15, 0.2) is 5.75 Å². The molecule has 0 saturated heterocycles. The number of nitro benzene ring substituents is 1. The Labute approximate surface area is 174 Å². The van der Waals surface area contributed by atoms with Gasteiger partial charge >= 0.3 is 5.69 Å². The molecule has 5 aromatic rings. The van der Waals surface area contributed by atoms with Crippen LogP contribution in [0.2, 0.25) is 0 Å². The summed E-state index contributed by atoms with van der Waals surface area (Å²) in [4.78, 5) is 23.4. The quantitative estimate of drug-likeness (QED) is 0.304. The molecule has 0 aliphatic carbocycles. The number of nitrogens with zero attached hydrogens (tertiary/aromatic N) is 3. The molecule has 2 heterocycles. The fourth-order valence-corrected chi connectivity index (χ4v) is 4.23. The molecule has 0 radical (unpaired) electrons. The number of nitro groups is 1. The third-order valence-corrected chi connectivity index (χ3v) is 5.75. The van der Waals surface area contributed by atoms with Gasteiger partial charge in [-0.05, 0) is 42.0 Å². The zero-order valence-corrected chi connectivity index (χ0v) is 16.3. The fraction of sp³-hybridized carbons (Fsp3) is 0. The number of rotatable bonds is 4. The molecular formula is C22H14N4O3S. The Morgan fingerprint density at radius 3 is 2.57 bits per heavy atom. The molecule has 0 amide bonds. The zero-order chi connectivity index (χ0) is 20.7. The number of fused-ring (bicyclic) bond motifs is 2. The van der Waals surface area contributed by atoms with E-state index in [1.54, 1.807) is 12.1 Å². The summed E-state index contributed by atoms with van der Waals surface area (Å²) in [6.07, 6.45) is 1.79. The van der Waals surface area contributed by atoms with E-state index in [0.29, 0.717) is 17.0 Å². The minimum absolute atomic E-state index is 0.350. The lowest BCUT2D eigenvalue weighted by Crippen LogP contribution is -1.92. The molecule has 146 valence electrons. The lowest BCUT2D eigenvalue weighted by molar-refractivity contribution is -0.385. The predicted molar refractivity (Wildman–Crippen MR) is 117 cm³/mol. The van der Waals surface area contributed by atoms with Gasteiger partial charge in [-0.1, -0.05) is 30.3 Å². The van der Waals surface area contributed by atoms with E-state index in [4.69, 9.17) is 9.97 Å². The SMILES string of the molecule is O=[N+]([O-])c1cc(/C=C(\c2nc3ccccc3[nH]2)c2nc3ccccc3s2)ccc1O. The van der Waals surface area contributed by atoms with Crippen molar-refractivity contribution >= 4 is 49.9 Å². The van der Waals surface area contributed by atoms with Crippen LogP contribution in [0.4, 0.5) is 5.69 Å². The maximum absolute atomic E-state index is 11.2. The number of aromatic amines is 1. The van der Waals surface area contributed by atoms with Crippen LogP contribution in [0.3, 0.4) is 0 Å². The van der Waals surface area contributed by atoms with Crippen molar-refractivity contribution < 1.29 is 10.0 Å². The molecule has 0 atom stereocenters. The van der Waals surface area contributed by atoms with Crippen LogP contribution in [0.5, 0.6) is 5.75 Å². The first kappa shape index (κ1) is 18.0. The summed E-state index contributed by atoms with van der Waals surface area (Å²) in [5.74, 6) is 0.244. The first-order valence-electron chi connectivity index (χ1n) is 9.09. The van der Waals surface area contributed by atoms with Crippen LogP contribution in [-0.2, 0) is 0 Å². The molecule has 0 aliphatic heterocycles. The number of phenolic OH excluding ortho intramolecular Hbond substituents is 1. The molecule has 5 rings (SSSR count). The Hall–Kier alpha value is -4.04. The highest BCUT2D eigenvalue weighted by molar-refractivity contribution is 7.19. The second-order valence-electron chi connectivity index (χ2n) is 6.65. The number of hydrogen-bond donors (Lipinski definition) is 2. The molecule has 0 spiro atoms. The number of H-pyrrole nitrogens is 1. The van der Waals surface area contributed by atoms with Crippen LogP contribution in [0.15, 0.2) is 66.7 Å². The van der Waals surface area contributed by atoms with E-state index >= 15 is 0 Å². The van der Waals surface area contributed by atoms with Gasteiger partial charge in [-0.2, -0.15) is 0 Å². The van der Waals surface area contributed by atoms with Gasteiger partial charge < -0.3 is 10.1 Å². The predicted octanol–water partition coefficient (Wildman–Crippen LogP) is 5.38. The smallest absolute Gasteiger partial charge is 0.311 e. The third kappa shape index (κ3) is 3.19. The van der Waals surface area contributed by atoms with Crippen molar-refractivity contribution in [2.24, 2.45) is 0 Å². The maximum atomic E-state index is 11.2. The van der Waals surface area contributed by atoms with Crippen molar-refractivity contribution in [1.82, 2.24) is 15.0 Å². The topological polar surface area (TPSA) is 105 Å². The molecule has 0 unspecified atom stereocenters. The van der Waals surface area contributed by atoms with E-state index in [-0.39, 0.29) is 11.4 Å². The van der Waals surface area contributed by atoms with Crippen molar-refractivity contribution in [2.75, 3.05) is 0 Å². The number of aromatic nitrogens is 3. The molecule has 2 aromatic heterocycles. The molecule has 30 heavy (non-hydrogen) atoms. The number of nitrogens with one attached hydrogen (secondary N) is 1. The van der Waals surface area contributed by atoms with Gasteiger partial charge in [0.2, 0.25) is 0 Å². The van der Waals surface area contributed by atoms with E-state index in [0.717, 1.165) is 26.3 Å². The zero-order valence-electron chi connectivity index (χ0n) is 15.4. The van der Waals surface area contributed by atoms with Gasteiger partial charge in [-0.15, -0.1) is 11.3 Å². The minimum Gasteiger partial charge on any atom is -0.502 e. The first-order chi connectivity index (χ1) is 14.6. The van der Waals surface area contributed by atoms with E-state index in [1.807, 2.05) is 48.5 Å². The minimum atomic E-state index is -0.606. The summed E-state index contributed by atoms with van der Waals surface area (Å²) in [5, 5.41) is 21.7. The largest absolute Gasteiger partial charge is 0.502 e. The number of imidazole rings is 1. The molecular weight excluding hydrogens is 400 g/mol. The summed E-state index contributed by atoms with van der Waals surface area (Å²) < 4.78 is 1.03. The Bertz CT molecular complexity index is 1310. The Kier molecular flexibility index (Phi) is 4.26. The highest BCUT2D eigenvalue weighted by Crippen LogP contribution is 2.34. The van der Waals surface area contributed by atoms with Gasteiger partial charge in [-0.25, -0.2) is 9.97 Å². The van der Waals surface area contributed by atoms with E-state index in [1.165, 1.54) is 23.5 Å². The first-order valence-corrected chi connectivity index (χ1v) is 9.90. The van der Waals surface area contributed by atoms with Gasteiger partial charge in [0.25, 0.3) is 0 Å². The van der Waals surface area contributed by atoms with E-state index in [9.17, 15) is 15.2 Å². The normalized spacial score (nSPS) is 11.9. The van der Waals surface area contributed by atoms with Crippen LogP contribution in [0.1, 0.15) is 16.4 Å². The summed E-state index contributed by atoms with van der Waals surface area (Å²) >= 11 is 1.52. The molecule has 0 aliphatic rings. The number of benzene rings is 3. The average Bonchev–Trinajstić information content (AvgIpc) is 3.36. The number of phenols is 1. The van der Waals surface area contributed by atoms with Gasteiger partial charge in [0.05, 0.1) is 31.7 Å². The standard InChI is InChI=1S/C22H14N4O3S/c27-19-10-9-13(12-18(19)26(28)29)11-14(21-23-15-5-1-2-6-16(15)24-21)22-25-17-7-3-4-8-20(17)30-22/h1-12,27H,(H,23,24)/b14-11+. The van der Waals surface area contributed by atoms with Crippen molar-refractivity contribution in [2.45, 2.75) is 0 Å². The van der Waals surface area contributed by atoms with Crippen molar-refractivity contribution in [3.8, 4) is 5.75 Å². The van der Waals surface area contributed by atoms with Crippen LogP contribution in [0.25, 0.3) is 32.9 Å². The van der Waals surface area contributed by atoms with Gasteiger partial charge in [0.1, 0.15) is 10.8 Å². The van der Waals surface area contributed by atoms with Gasteiger partial charge in [-0.3, -0.25) is 10.1 Å². The lowest BCUT2D eigenvalue weighted by atomic mass is 10.1. The highest BCUT2D eigenvalue weighted by Gasteiger charge is 2.17. The summed E-state index contributed by atoms with van der Waals surface area (Å²) in [6, 6.07) is 19.8. The fourth-order valence-electron chi connectivity index (χ4n) is 3.24. The second kappa shape index (κ2) is 7.09. The average molecular weight is 414 g/mol. The van der Waals surface area contributed by atoms with Crippen LogP contribution >= 0.6 is 11.3 Å².